The van der Waals surface area contributed by atoms with E-state index in [0.717, 1.165) is 6.42 Å². The largest absolute Gasteiger partial charge is 0.368 e. The maximum Gasteiger partial charge on any atom is 0.253 e. The molecular formula is C14H17N3O3. The second kappa shape index (κ2) is 6.27. The molecule has 2 rings (SSSR count). The van der Waals surface area contributed by atoms with Gasteiger partial charge >= 0.3 is 0 Å². The Morgan fingerprint density at radius 2 is 2.25 bits per heavy atom. The third kappa shape index (κ3) is 3.40. The molecule has 1 aromatic heterocycles. The van der Waals surface area contributed by atoms with Crippen LogP contribution in [0.1, 0.15) is 36.0 Å². The fourth-order valence-electron chi connectivity index (χ4n) is 2.49. The van der Waals surface area contributed by atoms with Crippen LogP contribution in [0.25, 0.3) is 0 Å². The summed E-state index contributed by atoms with van der Waals surface area (Å²) in [7, 11) is 0. The minimum Gasteiger partial charge on any atom is -0.368 e. The van der Waals surface area contributed by atoms with Crippen LogP contribution in [0.3, 0.4) is 0 Å². The zero-order chi connectivity index (χ0) is 14.5. The highest BCUT2D eigenvalue weighted by Gasteiger charge is 2.32. The van der Waals surface area contributed by atoms with Gasteiger partial charge in [-0.1, -0.05) is 0 Å². The van der Waals surface area contributed by atoms with Crippen molar-refractivity contribution >= 4 is 17.6 Å². The monoisotopic (exact) mass is 275 g/mol. The van der Waals surface area contributed by atoms with E-state index in [2.05, 4.69) is 10.3 Å². The Morgan fingerprint density at radius 1 is 1.45 bits per heavy atom. The van der Waals surface area contributed by atoms with Gasteiger partial charge in [0, 0.05) is 25.2 Å². The van der Waals surface area contributed by atoms with Gasteiger partial charge < -0.3 is 11.1 Å². The first-order valence-corrected chi connectivity index (χ1v) is 6.60. The summed E-state index contributed by atoms with van der Waals surface area (Å²) < 4.78 is 0. The van der Waals surface area contributed by atoms with Crippen molar-refractivity contribution in [1.82, 2.24) is 10.3 Å². The third-order valence-corrected chi connectivity index (χ3v) is 3.51. The van der Waals surface area contributed by atoms with Gasteiger partial charge in [-0.15, -0.1) is 0 Å². The minimum atomic E-state index is -0.813. The van der Waals surface area contributed by atoms with E-state index in [9.17, 15) is 14.4 Å². The van der Waals surface area contributed by atoms with Gasteiger partial charge in [-0.25, -0.2) is 0 Å². The smallest absolute Gasteiger partial charge is 0.253 e. The Hall–Kier alpha value is -2.24. The van der Waals surface area contributed by atoms with Crippen LogP contribution in [0.2, 0.25) is 0 Å². The number of aromatic nitrogens is 1. The number of carbonyl (C=O) groups is 3. The molecule has 0 unspecified atom stereocenters. The molecule has 3 N–H and O–H groups in total. The number of carbonyl (C=O) groups excluding carboxylic acids is 3. The molecule has 0 aliphatic heterocycles. The zero-order valence-corrected chi connectivity index (χ0v) is 11.0. The second-order valence-corrected chi connectivity index (χ2v) is 4.99. The van der Waals surface area contributed by atoms with E-state index in [-0.39, 0.29) is 11.7 Å². The summed E-state index contributed by atoms with van der Waals surface area (Å²) in [5.41, 5.74) is 5.72. The Kier molecular flexibility index (Phi) is 4.45. The number of amides is 2. The highest BCUT2D eigenvalue weighted by atomic mass is 16.2. The van der Waals surface area contributed by atoms with Gasteiger partial charge in [-0.3, -0.25) is 19.4 Å². The standard InChI is InChI=1S/C14H17N3O3/c15-13(19)12(9-3-1-5-11(18)7-9)17-14(20)10-4-2-6-16-8-10/h2,4,6,8-9,12H,1,3,5,7H2,(H2,15,19)(H,17,20)/t9-,12-/m1/s1. The van der Waals surface area contributed by atoms with Gasteiger partial charge in [0.1, 0.15) is 11.8 Å². The SMILES string of the molecule is NC(=O)[C@H](NC(=O)c1cccnc1)[C@@H]1CCCC(=O)C1. The van der Waals surface area contributed by atoms with Crippen LogP contribution in [0, 0.1) is 5.92 Å². The first-order chi connectivity index (χ1) is 9.58. The van der Waals surface area contributed by atoms with Gasteiger partial charge in [0.05, 0.1) is 5.56 Å². The fourth-order valence-corrected chi connectivity index (χ4v) is 2.49. The van der Waals surface area contributed by atoms with Crippen LogP contribution in [0.15, 0.2) is 24.5 Å². The van der Waals surface area contributed by atoms with Gasteiger partial charge in [0.25, 0.3) is 5.91 Å². The van der Waals surface area contributed by atoms with Crippen molar-refractivity contribution in [1.29, 1.82) is 0 Å². The molecule has 1 aliphatic rings. The second-order valence-electron chi connectivity index (χ2n) is 4.99. The number of hydrogen-bond donors (Lipinski definition) is 2. The lowest BCUT2D eigenvalue weighted by Gasteiger charge is -2.28. The Morgan fingerprint density at radius 3 is 2.85 bits per heavy atom. The Labute approximate surface area is 116 Å². The number of nitrogens with one attached hydrogen (secondary N) is 1. The lowest BCUT2D eigenvalue weighted by atomic mass is 9.83. The van der Waals surface area contributed by atoms with Crippen LogP contribution in [-0.4, -0.2) is 28.6 Å². The molecule has 1 fully saturated rings. The van der Waals surface area contributed by atoms with E-state index in [1.807, 2.05) is 0 Å². The summed E-state index contributed by atoms with van der Waals surface area (Å²) in [5, 5.41) is 2.62. The van der Waals surface area contributed by atoms with E-state index in [4.69, 9.17) is 5.73 Å². The first-order valence-electron chi connectivity index (χ1n) is 6.60. The van der Waals surface area contributed by atoms with Gasteiger partial charge in [0.2, 0.25) is 5.91 Å². The molecule has 1 heterocycles. The molecule has 0 radical (unpaired) electrons. The lowest BCUT2D eigenvalue weighted by Crippen LogP contribution is -2.50. The van der Waals surface area contributed by atoms with E-state index >= 15 is 0 Å². The van der Waals surface area contributed by atoms with Gasteiger partial charge in [-0.2, -0.15) is 0 Å². The molecule has 0 saturated heterocycles. The quantitative estimate of drug-likeness (QED) is 0.831. The Balaban J connectivity index is 2.08. The van der Waals surface area contributed by atoms with Crippen molar-refractivity contribution in [2.75, 3.05) is 0 Å². The van der Waals surface area contributed by atoms with Crippen molar-refractivity contribution in [2.24, 2.45) is 11.7 Å². The molecule has 2 amide bonds. The van der Waals surface area contributed by atoms with Crippen molar-refractivity contribution in [3.63, 3.8) is 0 Å². The molecule has 2 atom stereocenters. The van der Waals surface area contributed by atoms with Crippen LogP contribution >= 0.6 is 0 Å². The maximum absolute atomic E-state index is 12.0. The number of Topliss-reactive ketones (excluding diaryl/α,β-unsaturated/α-hetero) is 1. The fraction of sp³-hybridized carbons (Fsp3) is 0.429. The number of ketones is 1. The summed E-state index contributed by atoms with van der Waals surface area (Å²) in [6.45, 7) is 0. The topological polar surface area (TPSA) is 102 Å². The summed E-state index contributed by atoms with van der Waals surface area (Å²) in [5.74, 6) is -1.11. The van der Waals surface area contributed by atoms with Crippen molar-refractivity contribution in [2.45, 2.75) is 31.7 Å². The first kappa shape index (κ1) is 14.2. The molecule has 20 heavy (non-hydrogen) atoms. The lowest BCUT2D eigenvalue weighted by molar-refractivity contribution is -0.124. The predicted molar refractivity (Wildman–Crippen MR) is 71.7 cm³/mol. The molecule has 6 nitrogen and oxygen atoms in total. The number of hydrogen-bond acceptors (Lipinski definition) is 4. The molecule has 1 aliphatic carbocycles. The normalized spacial score (nSPS) is 20.2. The van der Waals surface area contributed by atoms with Crippen molar-refractivity contribution < 1.29 is 14.4 Å². The highest BCUT2D eigenvalue weighted by Crippen LogP contribution is 2.24. The summed E-state index contributed by atoms with van der Waals surface area (Å²) in [4.78, 5) is 38.9. The maximum atomic E-state index is 12.0. The third-order valence-electron chi connectivity index (χ3n) is 3.51. The molecule has 0 aromatic carbocycles. The zero-order valence-electron chi connectivity index (χ0n) is 11.0. The molecule has 0 bridgehead atoms. The van der Waals surface area contributed by atoms with Crippen LogP contribution in [-0.2, 0) is 9.59 Å². The number of nitrogens with zero attached hydrogens (tertiary/aromatic N) is 1. The Bertz CT molecular complexity index is 516. The van der Waals surface area contributed by atoms with Gasteiger partial charge in [-0.05, 0) is 30.9 Å². The molecule has 1 aromatic rings. The predicted octanol–water partition coefficient (Wildman–Crippen LogP) is 0.425. The number of nitrogens with two attached hydrogens (primary N) is 1. The highest BCUT2D eigenvalue weighted by molar-refractivity contribution is 5.97. The van der Waals surface area contributed by atoms with Crippen LogP contribution in [0.5, 0.6) is 0 Å². The van der Waals surface area contributed by atoms with Gasteiger partial charge in [0.15, 0.2) is 0 Å². The van der Waals surface area contributed by atoms with Crippen LogP contribution in [0.4, 0.5) is 0 Å². The average molecular weight is 275 g/mol. The number of pyridine rings is 1. The average Bonchev–Trinajstić information content (AvgIpc) is 2.45. The molecular weight excluding hydrogens is 258 g/mol. The number of primary amides is 1. The molecule has 0 spiro atoms. The molecule has 1 saturated carbocycles. The minimum absolute atomic E-state index is 0.114. The molecule has 6 heteroatoms. The van der Waals surface area contributed by atoms with Crippen molar-refractivity contribution in [3.8, 4) is 0 Å². The summed E-state index contributed by atoms with van der Waals surface area (Å²) in [6, 6.07) is 2.43. The van der Waals surface area contributed by atoms with E-state index < -0.39 is 17.9 Å². The summed E-state index contributed by atoms with van der Waals surface area (Å²) in [6.07, 6.45) is 5.25. The number of rotatable bonds is 4. The van der Waals surface area contributed by atoms with Crippen LogP contribution < -0.4 is 11.1 Å². The van der Waals surface area contributed by atoms with Crippen molar-refractivity contribution in [3.05, 3.63) is 30.1 Å². The summed E-state index contributed by atoms with van der Waals surface area (Å²) >= 11 is 0. The van der Waals surface area contributed by atoms with E-state index in [1.54, 1.807) is 18.3 Å². The van der Waals surface area contributed by atoms with E-state index in [1.165, 1.54) is 6.20 Å². The van der Waals surface area contributed by atoms with E-state index in [0.29, 0.717) is 24.8 Å². The molecule has 106 valence electrons.